The van der Waals surface area contributed by atoms with E-state index >= 15 is 0 Å². The van der Waals surface area contributed by atoms with Crippen molar-refractivity contribution in [1.82, 2.24) is 4.90 Å². The van der Waals surface area contributed by atoms with Crippen LogP contribution in [0.3, 0.4) is 0 Å². The molecule has 0 radical (unpaired) electrons. The highest BCUT2D eigenvalue weighted by Crippen LogP contribution is 2.21. The summed E-state index contributed by atoms with van der Waals surface area (Å²) in [5, 5.41) is 9.21. The second-order valence-electron chi connectivity index (χ2n) is 6.14. The van der Waals surface area contributed by atoms with Crippen LogP contribution in [0.15, 0.2) is 24.3 Å². The maximum atomic E-state index is 12.5. The van der Waals surface area contributed by atoms with Crippen LogP contribution in [-0.4, -0.2) is 35.0 Å². The lowest BCUT2D eigenvalue weighted by Gasteiger charge is -2.30. The number of likely N-dealkylation sites (N-methyl/N-ethyl adjacent to an activating group) is 1. The smallest absolute Gasteiger partial charge is 0.335 e. The van der Waals surface area contributed by atoms with Crippen LogP contribution in [0.1, 0.15) is 60.9 Å². The summed E-state index contributed by atoms with van der Waals surface area (Å²) in [6.45, 7) is 0. The quantitative estimate of drug-likeness (QED) is 0.926. The van der Waals surface area contributed by atoms with Crippen molar-refractivity contribution in [3.63, 3.8) is 0 Å². The number of hydrogen-bond donors (Lipinski definition) is 1. The van der Waals surface area contributed by atoms with Gasteiger partial charge in [0.2, 0.25) is 5.91 Å². The molecule has 1 saturated carbocycles. The Morgan fingerprint density at radius 1 is 1.09 bits per heavy atom. The first-order valence-electron chi connectivity index (χ1n) is 8.16. The molecule has 4 nitrogen and oxygen atoms in total. The van der Waals surface area contributed by atoms with Crippen LogP contribution >= 0.6 is 0 Å². The van der Waals surface area contributed by atoms with Crippen molar-refractivity contribution in [3.05, 3.63) is 35.4 Å². The predicted molar refractivity (Wildman–Crippen MR) is 86.0 cm³/mol. The topological polar surface area (TPSA) is 57.6 Å². The van der Waals surface area contributed by atoms with Gasteiger partial charge in [-0.15, -0.1) is 0 Å². The van der Waals surface area contributed by atoms with Gasteiger partial charge in [0.1, 0.15) is 0 Å². The van der Waals surface area contributed by atoms with E-state index in [9.17, 15) is 14.7 Å². The normalized spacial score (nSPS) is 16.6. The predicted octanol–water partition coefficient (Wildman–Crippen LogP) is 3.50. The van der Waals surface area contributed by atoms with E-state index in [4.69, 9.17) is 0 Å². The van der Waals surface area contributed by atoms with Gasteiger partial charge in [0.15, 0.2) is 0 Å². The Bertz CT molecular complexity index is 519. The van der Waals surface area contributed by atoms with Crippen molar-refractivity contribution in [2.75, 3.05) is 7.05 Å². The average molecular weight is 303 g/mol. The van der Waals surface area contributed by atoms with E-state index < -0.39 is 5.97 Å². The van der Waals surface area contributed by atoms with Gasteiger partial charge in [-0.25, -0.2) is 4.79 Å². The summed E-state index contributed by atoms with van der Waals surface area (Å²) in [7, 11) is 1.86. The molecule has 1 fully saturated rings. The first-order valence-corrected chi connectivity index (χ1v) is 8.16. The molecular formula is C18H25NO3. The zero-order valence-electron chi connectivity index (χ0n) is 13.3. The molecule has 0 heterocycles. The van der Waals surface area contributed by atoms with E-state index in [2.05, 4.69) is 0 Å². The summed E-state index contributed by atoms with van der Waals surface area (Å²) in [5.41, 5.74) is 0.819. The molecule has 4 heteroatoms. The largest absolute Gasteiger partial charge is 0.478 e. The zero-order valence-corrected chi connectivity index (χ0v) is 13.3. The maximum Gasteiger partial charge on any atom is 0.335 e. The minimum Gasteiger partial charge on any atom is -0.478 e. The number of nitrogens with zero attached hydrogens (tertiary/aromatic N) is 1. The molecule has 0 unspecified atom stereocenters. The molecule has 2 rings (SSSR count). The van der Waals surface area contributed by atoms with Gasteiger partial charge in [-0.2, -0.15) is 0 Å². The number of rotatable bonds is 4. The third-order valence-electron chi connectivity index (χ3n) is 4.61. The highest BCUT2D eigenvalue weighted by Gasteiger charge is 2.22. The summed E-state index contributed by atoms with van der Waals surface area (Å²) in [6, 6.07) is 7.05. The van der Waals surface area contributed by atoms with Crippen molar-refractivity contribution in [1.29, 1.82) is 0 Å². The van der Waals surface area contributed by atoms with Gasteiger partial charge in [0.05, 0.1) is 12.0 Å². The summed E-state index contributed by atoms with van der Waals surface area (Å²) < 4.78 is 0. The van der Waals surface area contributed by atoms with Crippen molar-refractivity contribution in [2.45, 2.75) is 57.4 Å². The lowest BCUT2D eigenvalue weighted by atomic mass is 9.95. The Kier molecular flexibility index (Phi) is 5.99. The molecule has 1 aliphatic rings. The summed E-state index contributed by atoms with van der Waals surface area (Å²) in [6.07, 6.45) is 8.43. The Morgan fingerprint density at radius 3 is 2.32 bits per heavy atom. The van der Waals surface area contributed by atoms with Crippen LogP contribution in [0.5, 0.6) is 0 Å². The monoisotopic (exact) mass is 303 g/mol. The summed E-state index contributed by atoms with van der Waals surface area (Å²) >= 11 is 0. The summed E-state index contributed by atoms with van der Waals surface area (Å²) in [5.74, 6) is -0.962. The molecule has 0 bridgehead atoms. The molecule has 0 atom stereocenters. The lowest BCUT2D eigenvalue weighted by Crippen LogP contribution is -2.38. The number of carboxylic acid groups (broad SMARTS) is 1. The first kappa shape index (κ1) is 16.5. The van der Waals surface area contributed by atoms with Gasteiger partial charge in [-0.05, 0) is 24.5 Å². The van der Waals surface area contributed by atoms with Crippen LogP contribution in [0.2, 0.25) is 0 Å². The standard InChI is InChI=1S/C18H25NO3/c1-19(15-10-5-3-2-4-6-11-15)17(20)13-14-9-7-8-12-16(14)18(21)22/h7-9,12,15H,2-6,10-11,13H2,1H3,(H,21,22). The van der Waals surface area contributed by atoms with Crippen molar-refractivity contribution < 1.29 is 14.7 Å². The second kappa shape index (κ2) is 7.97. The number of carbonyl (C=O) groups is 2. The van der Waals surface area contributed by atoms with Crippen molar-refractivity contribution >= 4 is 11.9 Å². The van der Waals surface area contributed by atoms with Gasteiger partial charge in [-0.1, -0.05) is 50.3 Å². The van der Waals surface area contributed by atoms with Crippen LogP contribution < -0.4 is 0 Å². The van der Waals surface area contributed by atoms with Crippen LogP contribution in [0.4, 0.5) is 0 Å². The van der Waals surface area contributed by atoms with E-state index in [1.165, 1.54) is 32.1 Å². The van der Waals surface area contributed by atoms with Gasteiger partial charge < -0.3 is 10.0 Å². The third kappa shape index (κ3) is 4.33. The van der Waals surface area contributed by atoms with E-state index in [1.807, 2.05) is 11.9 Å². The molecule has 0 aliphatic heterocycles. The highest BCUT2D eigenvalue weighted by molar-refractivity contribution is 5.91. The van der Waals surface area contributed by atoms with E-state index in [0.29, 0.717) is 11.6 Å². The average Bonchev–Trinajstić information content (AvgIpc) is 2.46. The highest BCUT2D eigenvalue weighted by atomic mass is 16.4. The van der Waals surface area contributed by atoms with E-state index in [1.54, 1.807) is 24.3 Å². The molecule has 1 N–H and O–H groups in total. The number of carbonyl (C=O) groups excluding carboxylic acids is 1. The Balaban J connectivity index is 2.03. The zero-order chi connectivity index (χ0) is 15.9. The molecule has 0 aromatic heterocycles. The minimum atomic E-state index is -0.975. The van der Waals surface area contributed by atoms with Gasteiger partial charge >= 0.3 is 5.97 Å². The first-order chi connectivity index (χ1) is 10.6. The molecule has 120 valence electrons. The van der Waals surface area contributed by atoms with Crippen molar-refractivity contribution in [3.8, 4) is 0 Å². The number of benzene rings is 1. The number of carboxylic acids is 1. The SMILES string of the molecule is CN(C(=O)Cc1ccccc1C(=O)O)C1CCCCCCC1. The van der Waals surface area contributed by atoms with Gasteiger partial charge in [0.25, 0.3) is 0 Å². The van der Waals surface area contributed by atoms with Gasteiger partial charge in [0, 0.05) is 13.1 Å². The fourth-order valence-corrected chi connectivity index (χ4v) is 3.20. The molecule has 1 aromatic carbocycles. The molecule has 1 aromatic rings. The van der Waals surface area contributed by atoms with Crippen molar-refractivity contribution in [2.24, 2.45) is 0 Å². The fraction of sp³-hybridized carbons (Fsp3) is 0.556. The Morgan fingerprint density at radius 2 is 1.68 bits per heavy atom. The summed E-state index contributed by atoms with van der Waals surface area (Å²) in [4.78, 5) is 25.6. The number of hydrogen-bond acceptors (Lipinski definition) is 2. The van der Waals surface area contributed by atoms with Crippen LogP contribution in [0.25, 0.3) is 0 Å². The Hall–Kier alpha value is -1.84. The fourth-order valence-electron chi connectivity index (χ4n) is 3.20. The van der Waals surface area contributed by atoms with E-state index in [0.717, 1.165) is 12.8 Å². The van der Waals surface area contributed by atoms with Gasteiger partial charge in [-0.3, -0.25) is 4.79 Å². The number of aromatic carboxylic acids is 1. The van der Waals surface area contributed by atoms with Crippen LogP contribution in [-0.2, 0) is 11.2 Å². The van der Waals surface area contributed by atoms with Crippen LogP contribution in [0, 0.1) is 0 Å². The number of amides is 1. The Labute approximate surface area is 132 Å². The lowest BCUT2D eigenvalue weighted by molar-refractivity contribution is -0.131. The molecule has 0 spiro atoms. The minimum absolute atomic E-state index is 0.0132. The molecular weight excluding hydrogens is 278 g/mol. The van der Waals surface area contributed by atoms with E-state index in [-0.39, 0.29) is 17.9 Å². The molecule has 1 aliphatic carbocycles. The maximum absolute atomic E-state index is 12.5. The third-order valence-corrected chi connectivity index (χ3v) is 4.61. The molecule has 0 saturated heterocycles. The molecule has 1 amide bonds. The molecule has 22 heavy (non-hydrogen) atoms. The second-order valence-corrected chi connectivity index (χ2v) is 6.14.